The predicted molar refractivity (Wildman–Crippen MR) is 76.1 cm³/mol. The third-order valence-electron chi connectivity index (χ3n) is 3.14. The molecule has 3 N–H and O–H groups in total. The maximum absolute atomic E-state index is 11.7. The molecule has 5 heteroatoms. The van der Waals surface area contributed by atoms with E-state index in [-0.39, 0.29) is 12.0 Å². The van der Waals surface area contributed by atoms with Gasteiger partial charge in [0.2, 0.25) is 0 Å². The zero-order valence-corrected chi connectivity index (χ0v) is 12.7. The van der Waals surface area contributed by atoms with Crippen LogP contribution in [0.25, 0.3) is 0 Å². The van der Waals surface area contributed by atoms with Crippen molar-refractivity contribution in [3.8, 4) is 0 Å². The topological polar surface area (TPSA) is 78.4 Å². The highest BCUT2D eigenvalue weighted by molar-refractivity contribution is 5.82. The van der Waals surface area contributed by atoms with E-state index in [0.717, 1.165) is 12.8 Å². The van der Waals surface area contributed by atoms with Crippen molar-refractivity contribution in [3.05, 3.63) is 0 Å². The predicted octanol–water partition coefficient (Wildman–Crippen LogP) is 2.61. The van der Waals surface area contributed by atoms with E-state index in [0.29, 0.717) is 12.3 Å². The molecule has 2 unspecified atom stereocenters. The Hall–Kier alpha value is -1.26. The minimum atomic E-state index is -0.988. The first-order valence-electron chi connectivity index (χ1n) is 7.06. The van der Waals surface area contributed by atoms with Crippen molar-refractivity contribution in [1.29, 1.82) is 0 Å². The average Bonchev–Trinajstić information content (AvgIpc) is 2.26. The van der Waals surface area contributed by atoms with Gasteiger partial charge in [-0.2, -0.15) is 0 Å². The molecule has 3 atom stereocenters. The minimum absolute atomic E-state index is 0.0449. The van der Waals surface area contributed by atoms with Crippen LogP contribution in [0.15, 0.2) is 0 Å². The number of rotatable bonds is 8. The van der Waals surface area contributed by atoms with Crippen molar-refractivity contribution in [2.24, 2.45) is 11.8 Å². The Bertz CT molecular complexity index is 292. The normalized spacial score (nSPS) is 15.7. The van der Waals surface area contributed by atoms with Crippen LogP contribution in [0, 0.1) is 11.8 Å². The van der Waals surface area contributed by atoms with Crippen LogP contribution >= 0.6 is 0 Å². The summed E-state index contributed by atoms with van der Waals surface area (Å²) < 4.78 is 0. The van der Waals surface area contributed by atoms with Gasteiger partial charge in [0.1, 0.15) is 6.04 Å². The van der Waals surface area contributed by atoms with E-state index in [4.69, 9.17) is 5.11 Å². The maximum atomic E-state index is 11.7. The second kappa shape index (κ2) is 8.77. The number of aliphatic carboxylic acids is 1. The van der Waals surface area contributed by atoms with E-state index in [1.165, 1.54) is 0 Å². The molecule has 5 nitrogen and oxygen atoms in total. The lowest BCUT2D eigenvalue weighted by atomic mass is 10.0. The first kappa shape index (κ1) is 17.7. The highest BCUT2D eigenvalue weighted by atomic mass is 16.4. The second-order valence-electron chi connectivity index (χ2n) is 5.79. The van der Waals surface area contributed by atoms with Crippen LogP contribution in [0.3, 0.4) is 0 Å². The minimum Gasteiger partial charge on any atom is -0.480 e. The van der Waals surface area contributed by atoms with Crippen molar-refractivity contribution in [3.63, 3.8) is 0 Å². The van der Waals surface area contributed by atoms with Gasteiger partial charge in [0, 0.05) is 6.04 Å². The zero-order valence-electron chi connectivity index (χ0n) is 12.7. The Labute approximate surface area is 116 Å². The fourth-order valence-electron chi connectivity index (χ4n) is 1.95. The van der Waals surface area contributed by atoms with Gasteiger partial charge in [-0.15, -0.1) is 0 Å². The number of carbonyl (C=O) groups excluding carboxylic acids is 1. The quantitative estimate of drug-likeness (QED) is 0.635. The number of carboxylic acid groups (broad SMARTS) is 1. The van der Waals surface area contributed by atoms with Crippen LogP contribution in [0.4, 0.5) is 4.79 Å². The van der Waals surface area contributed by atoms with E-state index in [1.54, 1.807) is 0 Å². The Kier molecular flexibility index (Phi) is 8.19. The summed E-state index contributed by atoms with van der Waals surface area (Å²) in [7, 11) is 0. The lowest BCUT2D eigenvalue weighted by Gasteiger charge is -2.21. The van der Waals surface area contributed by atoms with E-state index < -0.39 is 18.0 Å². The van der Waals surface area contributed by atoms with Gasteiger partial charge in [-0.3, -0.25) is 0 Å². The molecule has 0 aromatic heterocycles. The molecule has 19 heavy (non-hydrogen) atoms. The number of urea groups is 1. The van der Waals surface area contributed by atoms with E-state index >= 15 is 0 Å². The smallest absolute Gasteiger partial charge is 0.326 e. The Balaban J connectivity index is 4.22. The lowest BCUT2D eigenvalue weighted by Crippen LogP contribution is -2.49. The number of carbonyl (C=O) groups is 2. The van der Waals surface area contributed by atoms with E-state index in [2.05, 4.69) is 24.5 Å². The summed E-state index contributed by atoms with van der Waals surface area (Å²) in [6.07, 6.45) is 2.40. The molecular weight excluding hydrogens is 244 g/mol. The molecule has 0 saturated heterocycles. The van der Waals surface area contributed by atoms with Gasteiger partial charge >= 0.3 is 12.0 Å². The monoisotopic (exact) mass is 272 g/mol. The van der Waals surface area contributed by atoms with Gasteiger partial charge in [0.15, 0.2) is 0 Å². The maximum Gasteiger partial charge on any atom is 0.326 e. The van der Waals surface area contributed by atoms with Gasteiger partial charge in [0.05, 0.1) is 0 Å². The molecule has 0 aliphatic rings. The molecule has 0 rings (SSSR count). The third-order valence-corrected chi connectivity index (χ3v) is 3.14. The molecule has 0 aromatic carbocycles. The summed E-state index contributed by atoms with van der Waals surface area (Å²) >= 11 is 0. The number of amides is 2. The van der Waals surface area contributed by atoms with E-state index in [1.807, 2.05) is 20.8 Å². The van der Waals surface area contributed by atoms with Crippen LogP contribution in [-0.4, -0.2) is 29.2 Å². The molecule has 0 bridgehead atoms. The van der Waals surface area contributed by atoms with Gasteiger partial charge in [0.25, 0.3) is 0 Å². The summed E-state index contributed by atoms with van der Waals surface area (Å²) in [6.45, 7) is 10.0. The molecule has 0 saturated carbocycles. The van der Waals surface area contributed by atoms with Gasteiger partial charge in [-0.1, -0.05) is 34.1 Å². The molecule has 0 fully saturated rings. The number of hydrogen-bond donors (Lipinski definition) is 3. The number of nitrogens with one attached hydrogen (secondary N) is 2. The summed E-state index contributed by atoms with van der Waals surface area (Å²) in [5.74, 6) is -0.224. The van der Waals surface area contributed by atoms with Crippen molar-refractivity contribution in [2.45, 2.75) is 66.0 Å². The molecule has 0 spiro atoms. The zero-order chi connectivity index (χ0) is 15.0. The first-order valence-corrected chi connectivity index (χ1v) is 7.06. The summed E-state index contributed by atoms with van der Waals surface area (Å²) in [6, 6.07) is -1.18. The highest BCUT2D eigenvalue weighted by Crippen LogP contribution is 2.09. The number of hydrogen-bond acceptors (Lipinski definition) is 2. The first-order chi connectivity index (χ1) is 8.76. The molecule has 0 aliphatic carbocycles. The largest absolute Gasteiger partial charge is 0.480 e. The van der Waals surface area contributed by atoms with Gasteiger partial charge in [-0.05, 0) is 31.6 Å². The Morgan fingerprint density at radius 2 is 1.63 bits per heavy atom. The van der Waals surface area contributed by atoms with Crippen LogP contribution in [-0.2, 0) is 4.79 Å². The molecule has 2 amide bonds. The van der Waals surface area contributed by atoms with Crippen LogP contribution in [0.2, 0.25) is 0 Å². The molecule has 0 aliphatic heterocycles. The molecular formula is C14H28N2O3. The Morgan fingerprint density at radius 1 is 1.05 bits per heavy atom. The van der Waals surface area contributed by atoms with E-state index in [9.17, 15) is 9.59 Å². The van der Waals surface area contributed by atoms with Crippen LogP contribution in [0.5, 0.6) is 0 Å². The van der Waals surface area contributed by atoms with Crippen LogP contribution < -0.4 is 10.6 Å². The molecule has 0 heterocycles. The fraction of sp³-hybridized carbons (Fsp3) is 0.857. The highest BCUT2D eigenvalue weighted by Gasteiger charge is 2.21. The third kappa shape index (κ3) is 8.46. The molecule has 0 aromatic rings. The standard InChI is InChI=1S/C14H28N2O3/c1-6-10(4)8-11(5)15-14(19)16-12(13(17)18)7-9(2)3/h9-12H,6-8H2,1-5H3,(H,17,18)(H2,15,16,19)/t10?,11?,12-/m0/s1. The molecule has 0 radical (unpaired) electrons. The SMILES string of the molecule is CCC(C)CC(C)NC(=O)N[C@@H](CC(C)C)C(=O)O. The van der Waals surface area contributed by atoms with Crippen LogP contribution in [0.1, 0.15) is 53.9 Å². The lowest BCUT2D eigenvalue weighted by molar-refractivity contribution is -0.139. The van der Waals surface area contributed by atoms with Gasteiger partial charge < -0.3 is 15.7 Å². The Morgan fingerprint density at radius 3 is 2.05 bits per heavy atom. The molecule has 112 valence electrons. The summed E-state index contributed by atoms with van der Waals surface area (Å²) in [5.41, 5.74) is 0. The van der Waals surface area contributed by atoms with Crippen molar-refractivity contribution in [2.75, 3.05) is 0 Å². The fourth-order valence-corrected chi connectivity index (χ4v) is 1.95. The average molecular weight is 272 g/mol. The summed E-state index contributed by atoms with van der Waals surface area (Å²) in [4.78, 5) is 22.8. The van der Waals surface area contributed by atoms with Crippen molar-refractivity contribution < 1.29 is 14.7 Å². The number of carboxylic acids is 1. The second-order valence-corrected chi connectivity index (χ2v) is 5.79. The van der Waals surface area contributed by atoms with Gasteiger partial charge in [-0.25, -0.2) is 9.59 Å². The van der Waals surface area contributed by atoms with Crippen molar-refractivity contribution in [1.82, 2.24) is 10.6 Å². The summed E-state index contributed by atoms with van der Waals surface area (Å²) in [5, 5.41) is 14.4. The van der Waals surface area contributed by atoms with Crippen molar-refractivity contribution >= 4 is 12.0 Å².